The van der Waals surface area contributed by atoms with Gasteiger partial charge >= 0.3 is 19.7 Å². The number of benzene rings is 2. The molecule has 0 bridgehead atoms. The van der Waals surface area contributed by atoms with Crippen LogP contribution in [0.15, 0.2) is 60.7 Å². The number of carbonyl (C=O) groups is 5. The number of ether oxygens (including phenoxy) is 1. The molecule has 272 valence electrons. The Kier molecular flexibility index (Phi) is 14.4. The maximum atomic E-state index is 13.8. The van der Waals surface area contributed by atoms with Gasteiger partial charge in [0.25, 0.3) is 5.91 Å². The van der Waals surface area contributed by atoms with Crippen molar-refractivity contribution < 1.29 is 47.8 Å². The Morgan fingerprint density at radius 3 is 2.20 bits per heavy atom. The highest BCUT2D eigenvalue weighted by Gasteiger charge is 2.42. The van der Waals surface area contributed by atoms with Crippen LogP contribution in [0.4, 0.5) is 4.79 Å². The maximum Gasteiger partial charge on any atom is 0.407 e. The molecule has 2 unspecified atom stereocenters. The van der Waals surface area contributed by atoms with Crippen molar-refractivity contribution >= 4 is 37.4 Å². The van der Waals surface area contributed by atoms with Gasteiger partial charge in [-0.1, -0.05) is 67.1 Å². The van der Waals surface area contributed by atoms with Gasteiger partial charge in [-0.25, -0.2) is 9.59 Å². The number of likely N-dealkylation sites (tertiary alicyclic amines) is 1. The molecule has 15 heteroatoms. The van der Waals surface area contributed by atoms with E-state index in [0.717, 1.165) is 16.9 Å². The van der Waals surface area contributed by atoms with Crippen molar-refractivity contribution in [1.29, 1.82) is 0 Å². The first-order valence-corrected chi connectivity index (χ1v) is 18.7. The number of unbranched alkanes of at least 4 members (excludes halogenated alkanes) is 1. The predicted octanol–water partition coefficient (Wildman–Crippen LogP) is 3.72. The van der Waals surface area contributed by atoms with Gasteiger partial charge in [0.2, 0.25) is 11.8 Å². The molecule has 1 aliphatic carbocycles. The van der Waals surface area contributed by atoms with E-state index in [0.29, 0.717) is 37.7 Å². The minimum atomic E-state index is -4.78. The van der Waals surface area contributed by atoms with E-state index in [1.165, 1.54) is 6.92 Å². The number of aliphatic carboxylic acids is 1. The van der Waals surface area contributed by atoms with Gasteiger partial charge in [-0.3, -0.25) is 23.5 Å². The molecule has 0 spiro atoms. The van der Waals surface area contributed by atoms with Gasteiger partial charge in [-0.2, -0.15) is 0 Å². The fraction of sp³-hybridized carbons (Fsp3) is 0.514. The van der Waals surface area contributed by atoms with Gasteiger partial charge < -0.3 is 35.6 Å². The lowest BCUT2D eigenvalue weighted by atomic mass is 9.84. The fourth-order valence-corrected chi connectivity index (χ4v) is 7.30. The number of hydrogen-bond acceptors (Lipinski definition) is 8. The van der Waals surface area contributed by atoms with Crippen molar-refractivity contribution in [3.63, 3.8) is 0 Å². The molecular weight excluding hydrogens is 667 g/mol. The SMILES string of the molecule is CC(OP(=O)(O)[C@@H](Cc1ccccc1)NC(=O)[C@H](CCCCNC(=O)OCc1ccccc1)NC(=O)C1CCC1)C(=O)N1CCC[C@H]1C(=O)O. The third kappa shape index (κ3) is 11.4. The highest BCUT2D eigenvalue weighted by molar-refractivity contribution is 7.53. The van der Waals surface area contributed by atoms with E-state index in [-0.39, 0.29) is 50.8 Å². The second kappa shape index (κ2) is 18.7. The lowest BCUT2D eigenvalue weighted by molar-refractivity contribution is -0.151. The third-order valence-electron chi connectivity index (χ3n) is 8.96. The lowest BCUT2D eigenvalue weighted by Gasteiger charge is -2.31. The second-order valence-corrected chi connectivity index (χ2v) is 14.7. The summed E-state index contributed by atoms with van der Waals surface area (Å²) in [5, 5.41) is 17.6. The van der Waals surface area contributed by atoms with Crippen LogP contribution in [0.3, 0.4) is 0 Å². The van der Waals surface area contributed by atoms with Crippen LogP contribution in [0.1, 0.15) is 69.4 Å². The number of alkyl carbamates (subject to hydrolysis) is 1. The highest BCUT2D eigenvalue weighted by atomic mass is 31.2. The summed E-state index contributed by atoms with van der Waals surface area (Å²) in [5.41, 5.74) is 1.46. The van der Waals surface area contributed by atoms with Gasteiger partial charge in [0, 0.05) is 25.4 Å². The number of nitrogens with one attached hydrogen (secondary N) is 3. The Morgan fingerprint density at radius 1 is 0.920 bits per heavy atom. The molecule has 4 rings (SSSR count). The highest BCUT2D eigenvalue weighted by Crippen LogP contribution is 2.49. The molecule has 2 aromatic carbocycles. The van der Waals surface area contributed by atoms with E-state index in [9.17, 15) is 38.5 Å². The van der Waals surface area contributed by atoms with Crippen LogP contribution in [-0.4, -0.2) is 81.7 Å². The summed E-state index contributed by atoms with van der Waals surface area (Å²) >= 11 is 0. The molecule has 1 aliphatic heterocycles. The third-order valence-corrected chi connectivity index (χ3v) is 10.7. The first kappa shape index (κ1) is 38.5. The van der Waals surface area contributed by atoms with E-state index in [1.807, 2.05) is 30.3 Å². The molecule has 0 aromatic heterocycles. The number of amides is 4. The molecule has 14 nitrogen and oxygen atoms in total. The Labute approximate surface area is 291 Å². The number of rotatable bonds is 18. The predicted molar refractivity (Wildman–Crippen MR) is 183 cm³/mol. The summed E-state index contributed by atoms with van der Waals surface area (Å²) in [6.45, 7) is 1.84. The van der Waals surface area contributed by atoms with Gasteiger partial charge in [0.1, 0.15) is 30.6 Å². The summed E-state index contributed by atoms with van der Waals surface area (Å²) in [6, 6.07) is 15.8. The van der Waals surface area contributed by atoms with Crippen LogP contribution in [-0.2, 0) is 46.0 Å². The van der Waals surface area contributed by atoms with E-state index in [2.05, 4.69) is 16.0 Å². The van der Waals surface area contributed by atoms with Crippen molar-refractivity contribution in [2.45, 2.75) is 95.3 Å². The molecule has 4 amide bonds. The molecule has 2 aromatic rings. The molecule has 1 saturated heterocycles. The number of carbonyl (C=O) groups excluding carboxylic acids is 4. The van der Waals surface area contributed by atoms with Crippen molar-refractivity contribution in [3.8, 4) is 0 Å². The van der Waals surface area contributed by atoms with E-state index in [4.69, 9.17) is 9.26 Å². The fourth-order valence-electron chi connectivity index (χ4n) is 5.88. The smallest absolute Gasteiger partial charge is 0.407 e. The molecule has 5 N–H and O–H groups in total. The summed E-state index contributed by atoms with van der Waals surface area (Å²) in [5.74, 6) is -4.59. The first-order valence-electron chi connectivity index (χ1n) is 17.1. The van der Waals surface area contributed by atoms with Gasteiger partial charge in [-0.05, 0) is 63.0 Å². The van der Waals surface area contributed by atoms with Crippen molar-refractivity contribution in [1.82, 2.24) is 20.9 Å². The summed E-state index contributed by atoms with van der Waals surface area (Å²) in [7, 11) is -4.78. The molecule has 5 atom stereocenters. The Hall–Kier alpha value is -4.26. The van der Waals surface area contributed by atoms with Crippen LogP contribution in [0, 0.1) is 5.92 Å². The van der Waals surface area contributed by atoms with Crippen molar-refractivity contribution in [3.05, 3.63) is 71.8 Å². The minimum absolute atomic E-state index is 0.124. The Morgan fingerprint density at radius 2 is 1.58 bits per heavy atom. The number of nitrogens with zero attached hydrogens (tertiary/aromatic N) is 1. The summed E-state index contributed by atoms with van der Waals surface area (Å²) in [6.07, 6.45) is 1.95. The molecular formula is C35H47N4O10P. The molecule has 50 heavy (non-hydrogen) atoms. The summed E-state index contributed by atoms with van der Waals surface area (Å²) in [4.78, 5) is 75.9. The molecule has 1 heterocycles. The van der Waals surface area contributed by atoms with Crippen LogP contribution < -0.4 is 16.0 Å². The standard InChI is InChI=1S/C35H47N4O10P/c1-24(33(42)39-21-11-19-29(39)34(43)44)49-50(46,47)30(22-25-12-4-2-5-13-25)38-32(41)28(37-31(40)27-16-10-17-27)18-8-9-20-36-35(45)48-23-26-14-6-3-7-15-26/h2-7,12-15,24,27-30H,8-11,16-23H2,1H3,(H,36,45)(H,37,40)(H,38,41)(H,43,44)(H,46,47)/t24?,28-,29-,30-/m0/s1. The second-order valence-electron chi connectivity index (χ2n) is 12.7. The molecule has 2 aliphatic rings. The number of carboxylic acids is 1. The van der Waals surface area contributed by atoms with Gasteiger partial charge in [0.15, 0.2) is 0 Å². The minimum Gasteiger partial charge on any atom is -0.480 e. The zero-order valence-electron chi connectivity index (χ0n) is 28.2. The molecule has 2 fully saturated rings. The zero-order chi connectivity index (χ0) is 36.1. The van der Waals surface area contributed by atoms with Gasteiger partial charge in [-0.15, -0.1) is 0 Å². The monoisotopic (exact) mass is 714 g/mol. The van der Waals surface area contributed by atoms with E-state index in [1.54, 1.807) is 30.3 Å². The van der Waals surface area contributed by atoms with E-state index >= 15 is 0 Å². The Bertz CT molecular complexity index is 1510. The van der Waals surface area contributed by atoms with Crippen molar-refractivity contribution in [2.75, 3.05) is 13.1 Å². The van der Waals surface area contributed by atoms with Crippen LogP contribution in [0.2, 0.25) is 0 Å². The first-order chi connectivity index (χ1) is 23.9. The average molecular weight is 715 g/mol. The van der Waals surface area contributed by atoms with E-state index < -0.39 is 55.4 Å². The van der Waals surface area contributed by atoms with Crippen LogP contribution in [0.5, 0.6) is 0 Å². The maximum absolute atomic E-state index is 13.8. The number of carboxylic acid groups (broad SMARTS) is 1. The molecule has 1 saturated carbocycles. The quantitative estimate of drug-likeness (QED) is 0.112. The lowest BCUT2D eigenvalue weighted by Crippen LogP contribution is -2.52. The molecule has 0 radical (unpaired) electrons. The average Bonchev–Trinajstić information content (AvgIpc) is 3.56. The Balaban J connectivity index is 1.39. The van der Waals surface area contributed by atoms with Crippen LogP contribution in [0.25, 0.3) is 0 Å². The van der Waals surface area contributed by atoms with Crippen LogP contribution >= 0.6 is 7.60 Å². The van der Waals surface area contributed by atoms with Crippen molar-refractivity contribution in [2.24, 2.45) is 5.92 Å². The zero-order valence-corrected chi connectivity index (χ0v) is 29.1. The largest absolute Gasteiger partial charge is 0.480 e. The number of hydrogen-bond donors (Lipinski definition) is 5. The topological polar surface area (TPSA) is 201 Å². The normalized spacial score (nSPS) is 18.8. The van der Waals surface area contributed by atoms with Gasteiger partial charge in [0.05, 0.1) is 0 Å². The summed E-state index contributed by atoms with van der Waals surface area (Å²) < 4.78 is 24.5.